The summed E-state index contributed by atoms with van der Waals surface area (Å²) >= 11 is 0. The molecule has 0 unspecified atom stereocenters. The molecule has 0 amide bonds. The van der Waals surface area contributed by atoms with Crippen LogP contribution in [0.2, 0.25) is 0 Å². The minimum atomic E-state index is -2.44. The summed E-state index contributed by atoms with van der Waals surface area (Å²) in [5, 5.41) is 0. The lowest BCUT2D eigenvalue weighted by Gasteiger charge is -2.23. The predicted molar refractivity (Wildman–Crippen MR) is 65.2 cm³/mol. The minimum Gasteiger partial charge on any atom is -0.478 e. The molecule has 0 bridgehead atoms. The van der Waals surface area contributed by atoms with E-state index in [0.717, 1.165) is 0 Å². The van der Waals surface area contributed by atoms with Crippen LogP contribution < -0.4 is 15.4 Å². The number of hydrogen-bond donors (Lipinski definition) is 1. The third kappa shape index (κ3) is 4.40. The maximum atomic E-state index is 12.5. The zero-order valence-electron chi connectivity index (χ0n) is 10.6. The van der Waals surface area contributed by atoms with Gasteiger partial charge in [0.05, 0.1) is 13.2 Å². The molecule has 1 heterocycles. The monoisotopic (exact) mass is 260 g/mol. The van der Waals surface area contributed by atoms with Gasteiger partial charge in [0.25, 0.3) is 6.43 Å². The summed E-state index contributed by atoms with van der Waals surface area (Å²) in [6, 6.07) is 1.55. The Labute approximate surface area is 105 Å². The Hall–Kier alpha value is -1.50. The number of anilines is 1. The largest absolute Gasteiger partial charge is 0.478 e. The quantitative estimate of drug-likeness (QED) is 0.798. The van der Waals surface area contributed by atoms with Crippen LogP contribution in [0.15, 0.2) is 6.07 Å². The average Bonchev–Trinajstić information content (AvgIpc) is 2.27. The molecule has 18 heavy (non-hydrogen) atoms. The number of nitrogens with two attached hydrogens (primary N) is 1. The summed E-state index contributed by atoms with van der Waals surface area (Å²) < 4.78 is 30.2. The van der Waals surface area contributed by atoms with E-state index in [1.54, 1.807) is 13.0 Å². The Kier molecular flexibility index (Phi) is 5.70. The lowest BCUT2D eigenvalue weighted by atomic mass is 10.4. The molecule has 0 aliphatic heterocycles. The van der Waals surface area contributed by atoms with Gasteiger partial charge >= 0.3 is 0 Å². The van der Waals surface area contributed by atoms with Crippen molar-refractivity contribution >= 4 is 5.82 Å². The molecule has 2 N–H and O–H groups in total. The SMILES string of the molecule is CCOc1cc(N(CCN)CC(F)F)nc(C)n1. The number of alkyl halides is 2. The normalized spacial score (nSPS) is 10.8. The van der Waals surface area contributed by atoms with Gasteiger partial charge in [0.2, 0.25) is 5.88 Å². The van der Waals surface area contributed by atoms with Crippen molar-refractivity contribution in [1.82, 2.24) is 9.97 Å². The highest BCUT2D eigenvalue weighted by Gasteiger charge is 2.15. The van der Waals surface area contributed by atoms with Crippen molar-refractivity contribution in [1.29, 1.82) is 0 Å². The van der Waals surface area contributed by atoms with E-state index in [4.69, 9.17) is 10.5 Å². The van der Waals surface area contributed by atoms with Gasteiger partial charge in [0.1, 0.15) is 11.6 Å². The van der Waals surface area contributed by atoms with E-state index in [9.17, 15) is 8.78 Å². The Morgan fingerprint density at radius 1 is 1.44 bits per heavy atom. The molecule has 1 aromatic heterocycles. The van der Waals surface area contributed by atoms with Gasteiger partial charge in [-0.2, -0.15) is 4.98 Å². The third-order valence-electron chi connectivity index (χ3n) is 2.17. The first-order valence-electron chi connectivity index (χ1n) is 5.78. The van der Waals surface area contributed by atoms with Crippen LogP contribution in [0.25, 0.3) is 0 Å². The molecular weight excluding hydrogens is 242 g/mol. The van der Waals surface area contributed by atoms with Crippen LogP contribution in [-0.2, 0) is 0 Å². The lowest BCUT2D eigenvalue weighted by molar-refractivity contribution is 0.154. The van der Waals surface area contributed by atoms with Crippen molar-refractivity contribution in [3.8, 4) is 5.88 Å². The van der Waals surface area contributed by atoms with Gasteiger partial charge in [0.15, 0.2) is 0 Å². The van der Waals surface area contributed by atoms with Crippen molar-refractivity contribution in [2.24, 2.45) is 5.73 Å². The van der Waals surface area contributed by atoms with Crippen LogP contribution in [0.3, 0.4) is 0 Å². The van der Waals surface area contributed by atoms with Crippen molar-refractivity contribution in [3.63, 3.8) is 0 Å². The van der Waals surface area contributed by atoms with Crippen LogP contribution in [-0.4, -0.2) is 42.6 Å². The summed E-state index contributed by atoms with van der Waals surface area (Å²) in [7, 11) is 0. The first-order valence-corrected chi connectivity index (χ1v) is 5.78. The van der Waals surface area contributed by atoms with E-state index < -0.39 is 13.0 Å². The first-order chi connectivity index (χ1) is 8.56. The molecule has 1 rings (SSSR count). The van der Waals surface area contributed by atoms with E-state index in [2.05, 4.69) is 9.97 Å². The minimum absolute atomic E-state index is 0.278. The summed E-state index contributed by atoms with van der Waals surface area (Å²) in [4.78, 5) is 9.63. The van der Waals surface area contributed by atoms with E-state index in [1.165, 1.54) is 4.90 Å². The molecule has 0 aliphatic carbocycles. The topological polar surface area (TPSA) is 64.3 Å². The second-order valence-electron chi connectivity index (χ2n) is 3.67. The molecule has 0 spiro atoms. The number of hydrogen-bond acceptors (Lipinski definition) is 5. The highest BCUT2D eigenvalue weighted by molar-refractivity contribution is 5.42. The fraction of sp³-hybridized carbons (Fsp3) is 0.636. The molecule has 0 saturated heterocycles. The fourth-order valence-corrected chi connectivity index (χ4v) is 1.53. The molecule has 102 valence electrons. The third-order valence-corrected chi connectivity index (χ3v) is 2.17. The molecule has 0 radical (unpaired) electrons. The molecular formula is C11H18F2N4O. The average molecular weight is 260 g/mol. The summed E-state index contributed by atoms with van der Waals surface area (Å²) in [6.07, 6.45) is -2.44. The maximum absolute atomic E-state index is 12.5. The number of halogens is 2. The van der Waals surface area contributed by atoms with Crippen LogP contribution >= 0.6 is 0 Å². The zero-order valence-corrected chi connectivity index (χ0v) is 10.6. The van der Waals surface area contributed by atoms with Crippen LogP contribution in [0.1, 0.15) is 12.7 Å². The smallest absolute Gasteiger partial charge is 0.255 e. The number of aromatic nitrogens is 2. The summed E-state index contributed by atoms with van der Waals surface area (Å²) in [5.41, 5.74) is 5.42. The van der Waals surface area contributed by atoms with Gasteiger partial charge in [-0.25, -0.2) is 13.8 Å². The lowest BCUT2D eigenvalue weighted by Crippen LogP contribution is -2.34. The molecule has 0 atom stereocenters. The zero-order chi connectivity index (χ0) is 13.5. The van der Waals surface area contributed by atoms with Crippen molar-refractivity contribution < 1.29 is 13.5 Å². The number of nitrogens with zero attached hydrogens (tertiary/aromatic N) is 3. The van der Waals surface area contributed by atoms with Gasteiger partial charge < -0.3 is 15.4 Å². The predicted octanol–water partition coefficient (Wildman–Crippen LogP) is 1.21. The Morgan fingerprint density at radius 2 is 2.17 bits per heavy atom. The Morgan fingerprint density at radius 3 is 2.72 bits per heavy atom. The second-order valence-corrected chi connectivity index (χ2v) is 3.67. The molecule has 0 aromatic carbocycles. The van der Waals surface area contributed by atoms with Gasteiger partial charge in [-0.1, -0.05) is 0 Å². The second kappa shape index (κ2) is 7.05. The summed E-state index contributed by atoms with van der Waals surface area (Å²) in [5.74, 6) is 1.28. The number of aryl methyl sites for hydroxylation is 1. The van der Waals surface area contributed by atoms with E-state index >= 15 is 0 Å². The highest BCUT2D eigenvalue weighted by Crippen LogP contribution is 2.18. The Balaban J connectivity index is 2.95. The fourth-order valence-electron chi connectivity index (χ4n) is 1.53. The van der Waals surface area contributed by atoms with Crippen LogP contribution in [0, 0.1) is 6.92 Å². The molecule has 5 nitrogen and oxygen atoms in total. The highest BCUT2D eigenvalue weighted by atomic mass is 19.3. The van der Waals surface area contributed by atoms with E-state index in [0.29, 0.717) is 30.7 Å². The number of ether oxygens (including phenoxy) is 1. The van der Waals surface area contributed by atoms with E-state index in [-0.39, 0.29) is 6.54 Å². The standard InChI is InChI=1S/C11H18F2N4O/c1-3-18-11-6-10(15-8(2)16-11)17(5-4-14)7-9(12)13/h6,9H,3-5,7,14H2,1-2H3. The van der Waals surface area contributed by atoms with E-state index in [1.807, 2.05) is 6.92 Å². The van der Waals surface area contributed by atoms with Gasteiger partial charge in [-0.3, -0.25) is 0 Å². The molecule has 0 saturated carbocycles. The van der Waals surface area contributed by atoms with Crippen LogP contribution in [0.4, 0.5) is 14.6 Å². The molecule has 1 aromatic rings. The van der Waals surface area contributed by atoms with Crippen molar-refractivity contribution in [2.45, 2.75) is 20.3 Å². The van der Waals surface area contributed by atoms with Gasteiger partial charge in [0, 0.05) is 19.2 Å². The molecule has 7 heteroatoms. The van der Waals surface area contributed by atoms with Gasteiger partial charge in [-0.05, 0) is 13.8 Å². The molecule has 0 aliphatic rings. The molecule has 0 fully saturated rings. The van der Waals surface area contributed by atoms with Crippen molar-refractivity contribution in [3.05, 3.63) is 11.9 Å². The van der Waals surface area contributed by atoms with Gasteiger partial charge in [-0.15, -0.1) is 0 Å². The maximum Gasteiger partial charge on any atom is 0.255 e. The van der Waals surface area contributed by atoms with Crippen molar-refractivity contribution in [2.75, 3.05) is 31.1 Å². The Bertz CT molecular complexity index is 376. The number of rotatable bonds is 7. The first kappa shape index (κ1) is 14.6. The summed E-state index contributed by atoms with van der Waals surface area (Å²) in [6.45, 7) is 4.16. The van der Waals surface area contributed by atoms with Crippen LogP contribution in [0.5, 0.6) is 5.88 Å².